The third-order valence-electron chi connectivity index (χ3n) is 9.24. The normalized spacial score (nSPS) is 22.9. The van der Waals surface area contributed by atoms with E-state index in [-0.39, 0.29) is 34.9 Å². The lowest BCUT2D eigenvalue weighted by Crippen LogP contribution is -2.67. The van der Waals surface area contributed by atoms with Crippen LogP contribution in [0.2, 0.25) is 5.04 Å². The first kappa shape index (κ1) is 34.7. The van der Waals surface area contributed by atoms with Gasteiger partial charge in [0.2, 0.25) is 5.91 Å². The van der Waals surface area contributed by atoms with Crippen LogP contribution in [0.25, 0.3) is 0 Å². The monoisotopic (exact) mass is 631 g/mol. The van der Waals surface area contributed by atoms with E-state index in [1.54, 1.807) is 6.08 Å². The number of carbonyl (C=O) groups is 2. The number of rotatable bonds is 11. The Hall–Kier alpha value is -3.20. The number of fused-ring (bicyclic) bond motifs is 1. The topological polar surface area (TPSA) is 71.1 Å². The molecule has 0 aromatic heterocycles. The van der Waals surface area contributed by atoms with E-state index in [1.165, 1.54) is 10.4 Å². The van der Waals surface area contributed by atoms with Crippen molar-refractivity contribution in [2.24, 2.45) is 11.8 Å². The van der Waals surface area contributed by atoms with Gasteiger partial charge in [-0.05, 0) is 62.0 Å². The predicted octanol–water partition coefficient (Wildman–Crippen LogP) is 5.37. The molecule has 1 N–H and O–H groups in total. The number of hydrogen-bond acceptors (Lipinski definition) is 5. The van der Waals surface area contributed by atoms with Crippen molar-refractivity contribution in [2.75, 3.05) is 26.7 Å². The van der Waals surface area contributed by atoms with Crippen LogP contribution < -0.4 is 15.7 Å². The summed E-state index contributed by atoms with van der Waals surface area (Å²) in [6.45, 7) is 22.4. The molecular formula is C37H53N3O4Si. The molecule has 45 heavy (non-hydrogen) atoms. The van der Waals surface area contributed by atoms with Gasteiger partial charge in [0, 0.05) is 25.0 Å². The third kappa shape index (κ3) is 7.45. The maximum atomic E-state index is 14.6. The average molecular weight is 632 g/mol. The summed E-state index contributed by atoms with van der Waals surface area (Å²) in [6.07, 6.45) is 3.95. The maximum Gasteiger partial charge on any atom is 0.408 e. The lowest BCUT2D eigenvalue weighted by atomic mass is 9.89. The lowest BCUT2D eigenvalue weighted by Gasteiger charge is -2.45. The predicted molar refractivity (Wildman–Crippen MR) is 185 cm³/mol. The Morgan fingerprint density at radius 3 is 1.91 bits per heavy atom. The van der Waals surface area contributed by atoms with E-state index in [2.05, 4.69) is 99.7 Å². The fourth-order valence-electron chi connectivity index (χ4n) is 7.52. The third-order valence-corrected chi connectivity index (χ3v) is 14.2. The summed E-state index contributed by atoms with van der Waals surface area (Å²) < 4.78 is 13.0. The van der Waals surface area contributed by atoms with Gasteiger partial charge >= 0.3 is 6.09 Å². The summed E-state index contributed by atoms with van der Waals surface area (Å²) in [4.78, 5) is 31.9. The molecule has 2 amide bonds. The smallest absolute Gasteiger partial charge is 0.408 e. The number of alkyl carbamates (subject to hydrolysis) is 1. The van der Waals surface area contributed by atoms with Crippen molar-refractivity contribution < 1.29 is 18.8 Å². The Bertz CT molecular complexity index is 1280. The maximum absolute atomic E-state index is 14.6. The number of hydrogen-bond donors (Lipinski definition) is 1. The second kappa shape index (κ2) is 14.1. The number of nitrogens with one attached hydrogen (secondary N) is 1. The molecule has 244 valence electrons. The first-order valence-corrected chi connectivity index (χ1v) is 18.1. The van der Waals surface area contributed by atoms with Gasteiger partial charge < -0.3 is 24.3 Å². The van der Waals surface area contributed by atoms with Gasteiger partial charge in [-0.15, -0.1) is 13.2 Å². The summed E-state index contributed by atoms with van der Waals surface area (Å²) in [5.41, 5.74) is -0.682. The number of nitrogens with zero attached hydrogens (tertiary/aromatic N) is 2. The number of carbonyl (C=O) groups excluding carboxylic acids is 2. The molecule has 0 saturated carbocycles. The van der Waals surface area contributed by atoms with Crippen molar-refractivity contribution in [1.82, 2.24) is 15.1 Å². The van der Waals surface area contributed by atoms with Gasteiger partial charge in [-0.3, -0.25) is 4.79 Å². The number of ether oxygens (including phenoxy) is 1. The second-order valence-corrected chi connectivity index (χ2v) is 19.0. The van der Waals surface area contributed by atoms with Crippen LogP contribution in [0, 0.1) is 11.8 Å². The highest BCUT2D eigenvalue weighted by Crippen LogP contribution is 2.44. The fraction of sp³-hybridized carbons (Fsp3) is 0.514. The summed E-state index contributed by atoms with van der Waals surface area (Å²) >= 11 is 0. The molecule has 0 radical (unpaired) electrons. The first-order valence-electron chi connectivity index (χ1n) is 16.2. The van der Waals surface area contributed by atoms with Crippen molar-refractivity contribution in [3.63, 3.8) is 0 Å². The Morgan fingerprint density at radius 2 is 1.44 bits per heavy atom. The van der Waals surface area contributed by atoms with Crippen molar-refractivity contribution in [1.29, 1.82) is 0 Å². The van der Waals surface area contributed by atoms with Gasteiger partial charge in [0.15, 0.2) is 0 Å². The van der Waals surface area contributed by atoms with Gasteiger partial charge in [0.1, 0.15) is 11.6 Å². The van der Waals surface area contributed by atoms with E-state index >= 15 is 0 Å². The SMILES string of the molecule is C=CCC1C2CN(C)CC2[C@@H](CO[Si](c2ccccc2)(c2ccccc2)C(C)(C)C)N1C(=O)[C@H](CC=C)NC(=O)OC(C)(C)C. The van der Waals surface area contributed by atoms with Crippen LogP contribution in [0.3, 0.4) is 0 Å². The minimum atomic E-state index is -2.86. The van der Waals surface area contributed by atoms with Crippen molar-refractivity contribution in [2.45, 2.75) is 83.1 Å². The molecular weight excluding hydrogens is 579 g/mol. The largest absolute Gasteiger partial charge is 0.444 e. The van der Waals surface area contributed by atoms with E-state index < -0.39 is 26.1 Å². The highest BCUT2D eigenvalue weighted by Gasteiger charge is 2.56. The highest BCUT2D eigenvalue weighted by atomic mass is 28.4. The highest BCUT2D eigenvalue weighted by molar-refractivity contribution is 6.99. The number of likely N-dealkylation sites (tertiary alicyclic amines) is 2. The van der Waals surface area contributed by atoms with Gasteiger partial charge in [-0.25, -0.2) is 4.79 Å². The van der Waals surface area contributed by atoms with Gasteiger partial charge in [-0.2, -0.15) is 0 Å². The van der Waals surface area contributed by atoms with E-state index in [9.17, 15) is 9.59 Å². The van der Waals surface area contributed by atoms with E-state index in [0.29, 0.717) is 19.4 Å². The van der Waals surface area contributed by atoms with Crippen LogP contribution >= 0.6 is 0 Å². The molecule has 2 fully saturated rings. The molecule has 5 atom stereocenters. The molecule has 7 nitrogen and oxygen atoms in total. The number of benzene rings is 2. The fourth-order valence-corrected chi connectivity index (χ4v) is 12.1. The van der Waals surface area contributed by atoms with Crippen LogP contribution in [-0.2, 0) is 14.0 Å². The molecule has 2 aliphatic rings. The van der Waals surface area contributed by atoms with Crippen LogP contribution in [0.5, 0.6) is 0 Å². The van der Waals surface area contributed by atoms with Crippen LogP contribution in [0.15, 0.2) is 86.0 Å². The lowest BCUT2D eigenvalue weighted by molar-refractivity contribution is -0.138. The molecule has 2 aromatic rings. The Labute approximate surface area is 271 Å². The van der Waals surface area contributed by atoms with Crippen LogP contribution in [0.4, 0.5) is 4.79 Å². The van der Waals surface area contributed by atoms with Crippen molar-refractivity contribution in [3.05, 3.63) is 86.0 Å². The minimum absolute atomic E-state index is 0.0505. The Balaban J connectivity index is 1.77. The molecule has 0 spiro atoms. The quantitative estimate of drug-likeness (QED) is 0.267. The van der Waals surface area contributed by atoms with Gasteiger partial charge in [0.25, 0.3) is 8.32 Å². The Morgan fingerprint density at radius 1 is 0.911 bits per heavy atom. The molecule has 0 aliphatic carbocycles. The van der Waals surface area contributed by atoms with Crippen molar-refractivity contribution >= 4 is 30.7 Å². The summed E-state index contributed by atoms with van der Waals surface area (Å²) in [5.74, 6) is 0.379. The van der Waals surface area contributed by atoms with Crippen molar-refractivity contribution in [3.8, 4) is 0 Å². The van der Waals surface area contributed by atoms with Crippen LogP contribution in [0.1, 0.15) is 54.4 Å². The molecule has 3 unspecified atom stereocenters. The standard InChI is InChI=1S/C37H53N3O4Si/c1-10-18-31(38-35(42)44-36(3,4)5)34(41)40-32(19-11-2)29-24-39(9)25-30(29)33(40)26-43-45(37(6,7)8,27-20-14-12-15-21-27)28-22-16-13-17-23-28/h10-17,20-23,29-33H,1-2,18-19,24-26H2,3-9H3,(H,38,42)/t29?,30?,31-,32?,33+/m0/s1. The van der Waals surface area contributed by atoms with Gasteiger partial charge in [-0.1, -0.05) is 93.6 Å². The van der Waals surface area contributed by atoms with Gasteiger partial charge in [0.05, 0.1) is 12.6 Å². The first-order chi connectivity index (χ1) is 21.2. The summed E-state index contributed by atoms with van der Waals surface area (Å²) in [5, 5.41) is 5.08. The summed E-state index contributed by atoms with van der Waals surface area (Å²) in [6, 6.07) is 20.2. The van der Waals surface area contributed by atoms with Crippen LogP contribution in [-0.4, -0.2) is 80.6 Å². The van der Waals surface area contributed by atoms with E-state index in [4.69, 9.17) is 9.16 Å². The molecule has 8 heteroatoms. The average Bonchev–Trinajstić information content (AvgIpc) is 3.47. The molecule has 2 aliphatic heterocycles. The molecule has 2 aromatic carbocycles. The molecule has 2 saturated heterocycles. The molecule has 0 bridgehead atoms. The zero-order valence-corrected chi connectivity index (χ0v) is 29.3. The Kier molecular flexibility index (Phi) is 10.8. The zero-order chi connectivity index (χ0) is 33.0. The van der Waals surface area contributed by atoms with E-state index in [1.807, 2.05) is 43.9 Å². The van der Waals surface area contributed by atoms with E-state index in [0.717, 1.165) is 13.1 Å². The molecule has 2 heterocycles. The molecule has 4 rings (SSSR count). The number of amides is 2. The second-order valence-electron chi connectivity index (χ2n) is 14.7. The summed E-state index contributed by atoms with van der Waals surface area (Å²) in [7, 11) is -0.703. The zero-order valence-electron chi connectivity index (χ0n) is 28.3. The minimum Gasteiger partial charge on any atom is -0.444 e.